The number of anilines is 2. The van der Waals surface area contributed by atoms with Gasteiger partial charge in [0.05, 0.1) is 23.4 Å². The van der Waals surface area contributed by atoms with E-state index in [1.165, 1.54) is 22.3 Å². The van der Waals surface area contributed by atoms with Crippen LogP contribution >= 0.6 is 22.9 Å². The van der Waals surface area contributed by atoms with Crippen LogP contribution in [0.4, 0.5) is 15.8 Å². The van der Waals surface area contributed by atoms with Crippen LogP contribution < -0.4 is 10.2 Å². The number of fused-ring (bicyclic) bond motifs is 1. The highest BCUT2D eigenvalue weighted by Crippen LogP contribution is 2.31. The van der Waals surface area contributed by atoms with Gasteiger partial charge in [0.2, 0.25) is 0 Å². The van der Waals surface area contributed by atoms with E-state index in [-0.39, 0.29) is 18.1 Å². The molecule has 1 atom stereocenters. The van der Waals surface area contributed by atoms with E-state index in [0.717, 1.165) is 0 Å². The summed E-state index contributed by atoms with van der Waals surface area (Å²) in [7, 11) is 0. The molecule has 0 radical (unpaired) electrons. The van der Waals surface area contributed by atoms with Gasteiger partial charge in [-0.2, -0.15) is 0 Å². The van der Waals surface area contributed by atoms with Crippen molar-refractivity contribution in [2.24, 2.45) is 0 Å². The van der Waals surface area contributed by atoms with Gasteiger partial charge in [-0.25, -0.2) is 9.37 Å². The number of rotatable bonds is 4. The molecule has 1 aliphatic heterocycles. The fraction of sp³-hybridized carbons (Fsp3) is 0.143. The molecule has 2 N–H and O–H groups in total. The van der Waals surface area contributed by atoms with Crippen LogP contribution in [0, 0.1) is 12.7 Å². The molecule has 2 aromatic carbocycles. The van der Waals surface area contributed by atoms with Crippen LogP contribution in [-0.2, 0) is 0 Å². The van der Waals surface area contributed by atoms with Gasteiger partial charge in [0.15, 0.2) is 0 Å². The number of hydrogen-bond donors (Lipinski definition) is 2. The highest BCUT2D eigenvalue weighted by Gasteiger charge is 2.27. The van der Waals surface area contributed by atoms with E-state index in [1.807, 2.05) is 0 Å². The topological polar surface area (TPSA) is 65.5 Å². The Balaban J connectivity index is 1.74. The van der Waals surface area contributed by atoms with Crippen LogP contribution in [-0.4, -0.2) is 28.8 Å². The summed E-state index contributed by atoms with van der Waals surface area (Å²) in [6.07, 6.45) is 0.570. The zero-order valence-electron chi connectivity index (χ0n) is 15.4. The first-order valence-electron chi connectivity index (χ1n) is 8.85. The molecule has 4 rings (SSSR count). The van der Waals surface area contributed by atoms with Crippen molar-refractivity contribution < 1.29 is 14.3 Å². The lowest BCUT2D eigenvalue weighted by Gasteiger charge is -2.29. The van der Waals surface area contributed by atoms with E-state index >= 15 is 0 Å². The SMILES string of the molecule is Cc1ncsc1C(=O)N(CC1=Cc2cccc(F)c2NC1O)c1cccc(Cl)c1. The Hall–Kier alpha value is -2.74. The van der Waals surface area contributed by atoms with Gasteiger partial charge in [0.25, 0.3) is 5.91 Å². The second kappa shape index (κ2) is 7.94. The summed E-state index contributed by atoms with van der Waals surface area (Å²) in [4.78, 5) is 19.5. The molecule has 3 aromatic rings. The number of carbonyl (C=O) groups excluding carboxylic acids is 1. The molecule has 0 fully saturated rings. The Morgan fingerprint density at radius 1 is 1.34 bits per heavy atom. The molecule has 0 saturated heterocycles. The molecule has 1 unspecified atom stereocenters. The van der Waals surface area contributed by atoms with Gasteiger partial charge in [-0.15, -0.1) is 11.3 Å². The van der Waals surface area contributed by atoms with E-state index in [1.54, 1.807) is 54.9 Å². The number of aryl methyl sites for hydroxylation is 1. The van der Waals surface area contributed by atoms with Crippen LogP contribution in [0.5, 0.6) is 0 Å². The molecule has 8 heteroatoms. The quantitative estimate of drug-likeness (QED) is 0.630. The molecule has 1 aliphatic rings. The lowest BCUT2D eigenvalue weighted by atomic mass is 10.0. The molecule has 5 nitrogen and oxygen atoms in total. The van der Waals surface area contributed by atoms with E-state index in [4.69, 9.17) is 11.6 Å². The van der Waals surface area contributed by atoms with E-state index in [2.05, 4.69) is 10.3 Å². The first-order chi connectivity index (χ1) is 13.9. The third-order valence-corrected chi connectivity index (χ3v) is 5.82. The summed E-state index contributed by atoms with van der Waals surface area (Å²) >= 11 is 7.40. The maximum Gasteiger partial charge on any atom is 0.270 e. The zero-order chi connectivity index (χ0) is 20.5. The number of aromatic nitrogens is 1. The average Bonchev–Trinajstić information content (AvgIpc) is 3.12. The Bertz CT molecular complexity index is 1110. The number of nitrogens with one attached hydrogen (secondary N) is 1. The van der Waals surface area contributed by atoms with E-state index in [9.17, 15) is 14.3 Å². The second-order valence-corrected chi connectivity index (χ2v) is 7.90. The third-order valence-electron chi connectivity index (χ3n) is 4.66. The molecule has 148 valence electrons. The van der Waals surface area contributed by atoms with E-state index in [0.29, 0.717) is 32.4 Å². The first kappa shape index (κ1) is 19.6. The largest absolute Gasteiger partial charge is 0.370 e. The molecule has 0 bridgehead atoms. The number of aliphatic hydroxyl groups excluding tert-OH is 1. The van der Waals surface area contributed by atoms with Crippen LogP contribution in [0.3, 0.4) is 0 Å². The summed E-state index contributed by atoms with van der Waals surface area (Å²) in [6, 6.07) is 11.6. The van der Waals surface area contributed by atoms with Crippen molar-refractivity contribution in [3.8, 4) is 0 Å². The summed E-state index contributed by atoms with van der Waals surface area (Å²) < 4.78 is 14.0. The molecular formula is C21H17ClFN3O2S. The standard InChI is InChI=1S/C21H17ClFN3O2S/c1-12-19(29-11-24-12)21(28)26(16-6-3-5-15(22)9-16)10-14-8-13-4-2-7-17(23)18(13)25-20(14)27/h2-9,11,20,25,27H,10H2,1H3. The van der Waals surface area contributed by atoms with Gasteiger partial charge in [0.1, 0.15) is 16.9 Å². The summed E-state index contributed by atoms with van der Waals surface area (Å²) in [5.41, 5.74) is 4.22. The van der Waals surface area contributed by atoms with Crippen LogP contribution in [0.2, 0.25) is 5.02 Å². The Kier molecular flexibility index (Phi) is 5.36. The van der Waals surface area contributed by atoms with Gasteiger partial charge in [0, 0.05) is 16.3 Å². The van der Waals surface area contributed by atoms with Crippen molar-refractivity contribution >= 4 is 46.3 Å². The predicted molar refractivity (Wildman–Crippen MR) is 114 cm³/mol. The molecule has 2 heterocycles. The van der Waals surface area contributed by atoms with Crippen molar-refractivity contribution in [3.05, 3.63) is 80.5 Å². The Labute approximate surface area is 176 Å². The number of amides is 1. The molecule has 0 spiro atoms. The first-order valence-corrected chi connectivity index (χ1v) is 10.1. The number of nitrogens with zero attached hydrogens (tertiary/aromatic N) is 2. The highest BCUT2D eigenvalue weighted by molar-refractivity contribution is 7.12. The Morgan fingerprint density at radius 3 is 2.86 bits per heavy atom. The number of thiazole rings is 1. The normalized spacial score (nSPS) is 15.3. The maximum absolute atomic E-state index is 14.0. The number of halogens is 2. The summed E-state index contributed by atoms with van der Waals surface area (Å²) in [5, 5.41) is 13.8. The van der Waals surface area contributed by atoms with Gasteiger partial charge in [-0.3, -0.25) is 4.79 Å². The van der Waals surface area contributed by atoms with Gasteiger partial charge < -0.3 is 15.3 Å². The number of carbonyl (C=O) groups is 1. The molecular weight excluding hydrogens is 413 g/mol. The third kappa shape index (κ3) is 3.89. The monoisotopic (exact) mass is 429 g/mol. The van der Waals surface area contributed by atoms with Gasteiger partial charge in [-0.1, -0.05) is 29.8 Å². The molecule has 1 amide bonds. The number of hydrogen-bond acceptors (Lipinski definition) is 5. The van der Waals surface area contributed by atoms with E-state index < -0.39 is 12.0 Å². The van der Waals surface area contributed by atoms with Crippen molar-refractivity contribution in [1.29, 1.82) is 0 Å². The maximum atomic E-state index is 14.0. The highest BCUT2D eigenvalue weighted by atomic mass is 35.5. The van der Waals surface area contributed by atoms with Gasteiger partial charge in [-0.05, 0) is 42.8 Å². The summed E-state index contributed by atoms with van der Waals surface area (Å²) in [6.45, 7) is 1.87. The lowest BCUT2D eigenvalue weighted by Crippen LogP contribution is -2.38. The zero-order valence-corrected chi connectivity index (χ0v) is 17.0. The van der Waals surface area contributed by atoms with Crippen molar-refractivity contribution in [3.63, 3.8) is 0 Å². The minimum absolute atomic E-state index is 0.0979. The molecule has 0 saturated carbocycles. The van der Waals surface area contributed by atoms with Crippen molar-refractivity contribution in [2.75, 3.05) is 16.8 Å². The average molecular weight is 430 g/mol. The smallest absolute Gasteiger partial charge is 0.270 e. The predicted octanol–water partition coefficient (Wildman–Crippen LogP) is 4.72. The molecule has 0 aliphatic carbocycles. The molecule has 1 aromatic heterocycles. The van der Waals surface area contributed by atoms with Crippen LogP contribution in [0.1, 0.15) is 20.9 Å². The minimum Gasteiger partial charge on any atom is -0.370 e. The number of para-hydroxylation sites is 1. The van der Waals surface area contributed by atoms with Crippen molar-refractivity contribution in [2.45, 2.75) is 13.2 Å². The fourth-order valence-corrected chi connectivity index (χ4v) is 4.13. The van der Waals surface area contributed by atoms with Gasteiger partial charge >= 0.3 is 0 Å². The summed E-state index contributed by atoms with van der Waals surface area (Å²) in [5.74, 6) is -0.690. The van der Waals surface area contributed by atoms with Crippen LogP contribution in [0.15, 0.2) is 53.5 Å². The minimum atomic E-state index is -1.13. The number of benzene rings is 2. The second-order valence-electron chi connectivity index (χ2n) is 6.61. The van der Waals surface area contributed by atoms with Crippen molar-refractivity contribution in [1.82, 2.24) is 4.98 Å². The lowest BCUT2D eigenvalue weighted by molar-refractivity contribution is 0.0991. The Morgan fingerprint density at radius 2 is 2.14 bits per heavy atom. The van der Waals surface area contributed by atoms with Crippen LogP contribution in [0.25, 0.3) is 6.08 Å². The fourth-order valence-electron chi connectivity index (χ4n) is 3.19. The number of aliphatic hydroxyl groups is 1. The molecule has 29 heavy (non-hydrogen) atoms.